The molecular weight excluding hydrogens is 1130 g/mol. The van der Waals surface area contributed by atoms with Gasteiger partial charge in [0.1, 0.15) is 13.2 Å². The highest BCUT2D eigenvalue weighted by molar-refractivity contribution is 5.71. The van der Waals surface area contributed by atoms with Crippen LogP contribution in [0.5, 0.6) is 0 Å². The van der Waals surface area contributed by atoms with Crippen LogP contribution in [0.4, 0.5) is 0 Å². The smallest absolute Gasteiger partial charge is 0.361 e. The molecule has 2 atom stereocenters. The van der Waals surface area contributed by atoms with Gasteiger partial charge in [-0.3, -0.25) is 9.59 Å². The van der Waals surface area contributed by atoms with E-state index in [1.54, 1.807) is 0 Å². The van der Waals surface area contributed by atoms with E-state index in [0.717, 1.165) is 96.3 Å². The predicted octanol–water partition coefficient (Wildman–Crippen LogP) is 23.9. The summed E-state index contributed by atoms with van der Waals surface area (Å²) >= 11 is 0. The zero-order valence-electron chi connectivity index (χ0n) is 59.7. The van der Waals surface area contributed by atoms with Gasteiger partial charge in [-0.1, -0.05) is 322 Å². The minimum Gasteiger partial charge on any atom is -0.477 e. The first-order valence-electron chi connectivity index (χ1n) is 37.7. The first-order valence-corrected chi connectivity index (χ1v) is 37.7. The number of esters is 2. The number of hydrogen-bond donors (Lipinski definition) is 1. The molecule has 0 aliphatic carbocycles. The number of aliphatic carboxylic acids is 1. The van der Waals surface area contributed by atoms with Crippen molar-refractivity contribution in [2.24, 2.45) is 0 Å². The van der Waals surface area contributed by atoms with Gasteiger partial charge in [-0.2, -0.15) is 0 Å². The lowest BCUT2D eigenvalue weighted by Gasteiger charge is -2.25. The first-order chi connectivity index (χ1) is 44.6. The molecule has 1 N–H and O–H groups in total. The van der Waals surface area contributed by atoms with Crippen molar-refractivity contribution >= 4 is 17.9 Å². The highest BCUT2D eigenvalue weighted by Crippen LogP contribution is 2.18. The van der Waals surface area contributed by atoms with Crippen molar-refractivity contribution in [1.82, 2.24) is 0 Å². The maximum absolute atomic E-state index is 13.0. The Balaban J connectivity index is 4.08. The van der Waals surface area contributed by atoms with Crippen molar-refractivity contribution in [1.29, 1.82) is 0 Å². The van der Waals surface area contributed by atoms with Crippen LogP contribution >= 0.6 is 0 Å². The van der Waals surface area contributed by atoms with E-state index in [0.29, 0.717) is 23.9 Å². The number of carbonyl (C=O) groups is 3. The summed E-state index contributed by atoms with van der Waals surface area (Å²) in [4.78, 5) is 37.7. The van der Waals surface area contributed by atoms with E-state index in [2.05, 4.69) is 135 Å². The maximum atomic E-state index is 13.0. The Labute approximate surface area is 561 Å². The molecule has 0 saturated heterocycles. The molecule has 9 heteroatoms. The molecule has 0 saturated carbocycles. The van der Waals surface area contributed by atoms with Crippen LogP contribution in [0.2, 0.25) is 0 Å². The molecule has 522 valence electrons. The fraction of sp³-hybridized carbons (Fsp3) is 0.720. The van der Waals surface area contributed by atoms with Crippen LogP contribution in [0.3, 0.4) is 0 Å². The topological polar surface area (TPSA) is 108 Å². The van der Waals surface area contributed by atoms with Crippen LogP contribution in [0.25, 0.3) is 0 Å². The fourth-order valence-electron chi connectivity index (χ4n) is 10.5. The summed E-state index contributed by atoms with van der Waals surface area (Å²) in [7, 11) is 5.98. The molecule has 0 bridgehead atoms. The zero-order chi connectivity index (χ0) is 66.1. The molecule has 0 aromatic rings. The number of nitrogens with zero attached hydrogens (tertiary/aromatic N) is 1. The van der Waals surface area contributed by atoms with Crippen LogP contribution in [-0.4, -0.2) is 87.4 Å². The Hall–Kier alpha value is -4.31. The van der Waals surface area contributed by atoms with Gasteiger partial charge in [0, 0.05) is 12.8 Å². The molecule has 0 amide bonds. The van der Waals surface area contributed by atoms with Gasteiger partial charge in [0.25, 0.3) is 6.29 Å². The predicted molar refractivity (Wildman–Crippen MR) is 391 cm³/mol. The van der Waals surface area contributed by atoms with Crippen molar-refractivity contribution in [2.75, 3.05) is 47.5 Å². The molecule has 0 fully saturated rings. The molecule has 0 radical (unpaired) electrons. The molecule has 9 nitrogen and oxygen atoms in total. The standard InChI is InChI=1S/C82H141NO8/c1-6-8-10-12-14-16-18-20-22-24-26-28-30-32-33-34-35-36-37-38-39-40-41-42-43-44-45-46-47-49-51-53-55-57-59-61-63-65-67-69-71-73-80(85)91-78(77-90-82(81(86)87)88-75-74-83(3,4)5)76-89-79(84)72-70-68-66-64-62-60-58-56-54-52-50-48-31-29-27-25-23-21-19-17-15-13-11-9-7-2/h8,10,14,16,20,22,25-28,32-33,35-36,38-39,41-42,44-45,78,82H,6-7,9,11-13,15,17-19,21,23-24,29-31,34,37,40,43,46-77H2,1-5H3/p+1/b10-8-,16-14-,22-20-,27-25-,28-26-,33-32-,36-35-,39-38-,42-41-,45-44-. The Morgan fingerprint density at radius 2 is 0.626 bits per heavy atom. The van der Waals surface area contributed by atoms with Crippen LogP contribution in [0.15, 0.2) is 122 Å². The van der Waals surface area contributed by atoms with Gasteiger partial charge < -0.3 is 28.5 Å². The summed E-state index contributed by atoms with van der Waals surface area (Å²) in [6.07, 6.45) is 98.9. The number of carbonyl (C=O) groups excluding carboxylic acids is 2. The Morgan fingerprint density at radius 3 is 0.945 bits per heavy atom. The van der Waals surface area contributed by atoms with Gasteiger partial charge in [-0.05, 0) is 109 Å². The van der Waals surface area contributed by atoms with Crippen LogP contribution < -0.4 is 0 Å². The van der Waals surface area contributed by atoms with E-state index in [4.69, 9.17) is 18.9 Å². The number of allylic oxidation sites excluding steroid dienone is 20. The number of ether oxygens (including phenoxy) is 4. The number of hydrogen-bond acceptors (Lipinski definition) is 7. The SMILES string of the molecule is CC/C=C\C/C=C\C/C=C\C/C=C\C/C=C\C/C=C\C/C=C\C/C=C\C/C=C\CCCCCCCCCCCCCCCC(=O)OC(COC(=O)CCCCCCCCCCCCCCC/C=C\CCCCCCCCCC)COC(OCC[N+](C)(C)C)C(=O)O. The van der Waals surface area contributed by atoms with Crippen LogP contribution in [-0.2, 0) is 33.3 Å². The second-order valence-electron chi connectivity index (χ2n) is 26.2. The highest BCUT2D eigenvalue weighted by atomic mass is 16.7. The second kappa shape index (κ2) is 71.5. The van der Waals surface area contributed by atoms with Crippen molar-refractivity contribution in [2.45, 2.75) is 334 Å². The maximum Gasteiger partial charge on any atom is 0.361 e. The summed E-state index contributed by atoms with van der Waals surface area (Å²) in [6.45, 7) is 4.79. The third-order valence-electron chi connectivity index (χ3n) is 16.2. The highest BCUT2D eigenvalue weighted by Gasteiger charge is 2.25. The molecule has 0 spiro atoms. The number of carboxylic acids is 1. The van der Waals surface area contributed by atoms with Crippen LogP contribution in [0, 0.1) is 0 Å². The first kappa shape index (κ1) is 86.7. The van der Waals surface area contributed by atoms with Crippen molar-refractivity contribution in [3.63, 3.8) is 0 Å². The largest absolute Gasteiger partial charge is 0.477 e. The van der Waals surface area contributed by atoms with Gasteiger partial charge in [-0.15, -0.1) is 0 Å². The quantitative estimate of drug-likeness (QED) is 0.0211. The summed E-state index contributed by atoms with van der Waals surface area (Å²) in [5, 5.41) is 9.76. The van der Waals surface area contributed by atoms with E-state index in [1.807, 2.05) is 21.1 Å². The lowest BCUT2D eigenvalue weighted by Crippen LogP contribution is -2.40. The molecule has 0 aliphatic rings. The summed E-state index contributed by atoms with van der Waals surface area (Å²) < 4.78 is 23.0. The number of quaternary nitrogens is 1. The average Bonchev–Trinajstić information content (AvgIpc) is 3.53. The Kier molecular flexibility index (Phi) is 68.1. The number of likely N-dealkylation sites (N-methyl/N-ethyl adjacent to an activating group) is 1. The number of rotatable bonds is 69. The van der Waals surface area contributed by atoms with E-state index < -0.39 is 24.3 Å². The second-order valence-corrected chi connectivity index (χ2v) is 26.2. The van der Waals surface area contributed by atoms with Crippen molar-refractivity contribution in [3.8, 4) is 0 Å². The lowest BCUT2D eigenvalue weighted by atomic mass is 10.0. The molecule has 0 heterocycles. The van der Waals surface area contributed by atoms with Crippen molar-refractivity contribution < 1.29 is 42.9 Å². The molecule has 0 aromatic carbocycles. The third kappa shape index (κ3) is 73.0. The van der Waals surface area contributed by atoms with E-state index in [1.165, 1.54) is 193 Å². The Morgan fingerprint density at radius 1 is 0.341 bits per heavy atom. The van der Waals surface area contributed by atoms with Crippen molar-refractivity contribution in [3.05, 3.63) is 122 Å². The van der Waals surface area contributed by atoms with E-state index in [-0.39, 0.29) is 32.2 Å². The molecule has 91 heavy (non-hydrogen) atoms. The van der Waals surface area contributed by atoms with Crippen LogP contribution in [0.1, 0.15) is 322 Å². The monoisotopic (exact) mass is 1270 g/mol. The van der Waals surface area contributed by atoms with Gasteiger partial charge in [0.15, 0.2) is 6.10 Å². The molecular formula is C82H142NO8+. The number of carboxylic acid groups (broad SMARTS) is 1. The van der Waals surface area contributed by atoms with Gasteiger partial charge >= 0.3 is 17.9 Å². The van der Waals surface area contributed by atoms with Gasteiger partial charge in [-0.25, -0.2) is 4.79 Å². The minimum absolute atomic E-state index is 0.184. The van der Waals surface area contributed by atoms with Gasteiger partial charge in [0.2, 0.25) is 0 Å². The van der Waals surface area contributed by atoms with Gasteiger partial charge in [0.05, 0.1) is 34.4 Å². The zero-order valence-corrected chi connectivity index (χ0v) is 59.7. The summed E-state index contributed by atoms with van der Waals surface area (Å²) in [6, 6.07) is 0. The Bertz CT molecular complexity index is 1910. The molecule has 0 aromatic heterocycles. The van der Waals surface area contributed by atoms with E-state index in [9.17, 15) is 19.5 Å². The fourth-order valence-corrected chi connectivity index (χ4v) is 10.5. The normalized spacial score (nSPS) is 13.4. The lowest BCUT2D eigenvalue weighted by molar-refractivity contribution is -0.870. The summed E-state index contributed by atoms with van der Waals surface area (Å²) in [5.41, 5.74) is 0. The number of unbranched alkanes of at least 4 members (excludes halogenated alkanes) is 34. The summed E-state index contributed by atoms with van der Waals surface area (Å²) in [5.74, 6) is -2.00. The molecule has 2 unspecified atom stereocenters. The molecule has 0 rings (SSSR count). The van der Waals surface area contributed by atoms with E-state index >= 15 is 0 Å². The minimum atomic E-state index is -1.52. The average molecular weight is 1270 g/mol. The molecule has 0 aliphatic heterocycles. The third-order valence-corrected chi connectivity index (χ3v) is 16.2.